The second-order valence-electron chi connectivity index (χ2n) is 6.70. The lowest BCUT2D eigenvalue weighted by atomic mass is 9.93. The Morgan fingerprint density at radius 3 is 2.79 bits per heavy atom. The van der Waals surface area contributed by atoms with Gasteiger partial charge in [0.05, 0.1) is 24.1 Å². The molecule has 0 fully saturated rings. The molecule has 4 rings (SSSR count). The first-order chi connectivity index (χ1) is 14.1. The van der Waals surface area contributed by atoms with Gasteiger partial charge in [0.2, 0.25) is 0 Å². The van der Waals surface area contributed by atoms with E-state index >= 15 is 0 Å². The number of carbonyl (C=O) groups is 1. The van der Waals surface area contributed by atoms with Crippen molar-refractivity contribution in [3.05, 3.63) is 77.9 Å². The van der Waals surface area contributed by atoms with Gasteiger partial charge in [0, 0.05) is 28.5 Å². The number of fused-ring (bicyclic) bond motifs is 1. The molecule has 0 aliphatic carbocycles. The Balaban J connectivity index is 1.48. The summed E-state index contributed by atoms with van der Waals surface area (Å²) in [6.45, 7) is 1.19. The van der Waals surface area contributed by atoms with E-state index in [1.165, 1.54) is 30.6 Å². The van der Waals surface area contributed by atoms with Crippen LogP contribution >= 0.6 is 11.8 Å². The van der Waals surface area contributed by atoms with Crippen LogP contribution in [-0.4, -0.2) is 29.2 Å². The van der Waals surface area contributed by atoms with Crippen molar-refractivity contribution in [2.75, 3.05) is 18.5 Å². The number of nitrogens with zero attached hydrogens (tertiary/aromatic N) is 1. The monoisotopic (exact) mass is 410 g/mol. The number of ether oxygens (including phenoxy) is 1. The summed E-state index contributed by atoms with van der Waals surface area (Å²) in [5.74, 6) is -0.201. The van der Waals surface area contributed by atoms with Crippen LogP contribution in [0.1, 0.15) is 28.3 Å². The molecular formula is C22H19FN2O3S. The lowest BCUT2D eigenvalue weighted by Crippen LogP contribution is -2.21. The van der Waals surface area contributed by atoms with E-state index in [2.05, 4.69) is 10.3 Å². The number of halogens is 1. The third kappa shape index (κ3) is 4.51. The Bertz CT molecular complexity index is 1030. The average molecular weight is 410 g/mol. The molecule has 2 heterocycles. The molecule has 1 aliphatic rings. The molecule has 0 saturated heterocycles. The first-order valence-corrected chi connectivity index (χ1v) is 10.0. The van der Waals surface area contributed by atoms with E-state index in [9.17, 15) is 14.3 Å². The Labute approximate surface area is 171 Å². The highest BCUT2D eigenvalue weighted by atomic mass is 32.2. The molecule has 7 heteroatoms. The number of hydrogen-bond donors (Lipinski definition) is 2. The van der Waals surface area contributed by atoms with E-state index < -0.39 is 5.97 Å². The minimum Gasteiger partial charge on any atom is -0.493 e. The summed E-state index contributed by atoms with van der Waals surface area (Å²) in [5.41, 5.74) is 1.81. The van der Waals surface area contributed by atoms with Crippen LogP contribution in [0.15, 0.2) is 70.7 Å². The predicted molar refractivity (Wildman–Crippen MR) is 110 cm³/mol. The lowest BCUT2D eigenvalue weighted by molar-refractivity contribution is 0.0697. The van der Waals surface area contributed by atoms with Gasteiger partial charge in [-0.15, -0.1) is 0 Å². The van der Waals surface area contributed by atoms with E-state index in [0.29, 0.717) is 18.8 Å². The second kappa shape index (κ2) is 8.53. The first-order valence-electron chi connectivity index (χ1n) is 9.21. The Morgan fingerprint density at radius 1 is 1.21 bits per heavy atom. The number of rotatable bonds is 6. The summed E-state index contributed by atoms with van der Waals surface area (Å²) < 4.78 is 18.9. The molecule has 5 nitrogen and oxygen atoms in total. The van der Waals surface area contributed by atoms with Crippen molar-refractivity contribution in [1.29, 1.82) is 0 Å². The zero-order valence-corrected chi connectivity index (χ0v) is 16.3. The van der Waals surface area contributed by atoms with Crippen molar-refractivity contribution < 1.29 is 19.0 Å². The molecule has 0 saturated carbocycles. The van der Waals surface area contributed by atoms with Crippen molar-refractivity contribution in [2.24, 2.45) is 0 Å². The van der Waals surface area contributed by atoms with Crippen LogP contribution < -0.4 is 10.1 Å². The fourth-order valence-corrected chi connectivity index (χ4v) is 4.16. The first kappa shape index (κ1) is 19.3. The van der Waals surface area contributed by atoms with E-state index in [1.807, 2.05) is 18.2 Å². The summed E-state index contributed by atoms with van der Waals surface area (Å²) in [6.07, 6.45) is 3.85. The smallest absolute Gasteiger partial charge is 0.337 e. The molecule has 2 aromatic carbocycles. The van der Waals surface area contributed by atoms with E-state index in [0.717, 1.165) is 27.5 Å². The molecule has 1 aromatic heterocycles. The maximum absolute atomic E-state index is 13.1. The summed E-state index contributed by atoms with van der Waals surface area (Å²) in [4.78, 5) is 17.4. The number of hydrogen-bond acceptors (Lipinski definition) is 5. The van der Waals surface area contributed by atoms with Crippen molar-refractivity contribution in [3.63, 3.8) is 0 Å². The van der Waals surface area contributed by atoms with Gasteiger partial charge in [0.15, 0.2) is 0 Å². The highest BCUT2D eigenvalue weighted by Gasteiger charge is 2.22. The van der Waals surface area contributed by atoms with Gasteiger partial charge in [-0.1, -0.05) is 17.8 Å². The Kier molecular flexibility index (Phi) is 5.67. The fraction of sp³-hybridized carbons (Fsp3) is 0.182. The van der Waals surface area contributed by atoms with Gasteiger partial charge in [0.1, 0.15) is 11.6 Å². The quantitative estimate of drug-likeness (QED) is 0.593. The minimum atomic E-state index is -0.982. The predicted octanol–water partition coefficient (Wildman–Crippen LogP) is 5.05. The third-order valence-electron chi connectivity index (χ3n) is 4.79. The molecule has 0 radical (unpaired) electrons. The summed E-state index contributed by atoms with van der Waals surface area (Å²) in [7, 11) is 0. The topological polar surface area (TPSA) is 71.5 Å². The lowest BCUT2D eigenvalue weighted by Gasteiger charge is -2.27. The van der Waals surface area contributed by atoms with Gasteiger partial charge >= 0.3 is 5.97 Å². The van der Waals surface area contributed by atoms with Crippen molar-refractivity contribution in [2.45, 2.75) is 22.1 Å². The molecule has 1 aliphatic heterocycles. The molecule has 0 amide bonds. The van der Waals surface area contributed by atoms with Gasteiger partial charge in [-0.3, -0.25) is 4.98 Å². The Hall–Kier alpha value is -3.06. The number of aromatic carboxylic acids is 1. The number of aromatic nitrogens is 1. The number of pyridine rings is 1. The van der Waals surface area contributed by atoms with Crippen LogP contribution in [0.2, 0.25) is 0 Å². The standard InChI is InChI=1S/C22H19FN2O3S/c23-15-1-3-16(4-2-15)29-17-5-6-18-14(8-10-28-21(18)11-17)12-25-20-13-24-9-7-19(20)22(26)27/h1-7,9,11,13-14,25H,8,10,12H2,(H,26,27)/t14-/m0/s1. The molecule has 0 unspecified atom stereocenters. The van der Waals surface area contributed by atoms with Gasteiger partial charge in [-0.2, -0.15) is 0 Å². The normalized spacial score (nSPS) is 15.3. The zero-order valence-electron chi connectivity index (χ0n) is 15.5. The molecule has 148 valence electrons. The highest BCUT2D eigenvalue weighted by molar-refractivity contribution is 7.99. The zero-order chi connectivity index (χ0) is 20.2. The summed E-state index contributed by atoms with van der Waals surface area (Å²) in [5, 5.41) is 12.5. The van der Waals surface area contributed by atoms with Crippen molar-refractivity contribution in [1.82, 2.24) is 4.98 Å². The molecule has 3 aromatic rings. The van der Waals surface area contributed by atoms with Gasteiger partial charge in [-0.25, -0.2) is 9.18 Å². The van der Waals surface area contributed by atoms with Crippen LogP contribution in [0.4, 0.5) is 10.1 Å². The second-order valence-corrected chi connectivity index (χ2v) is 7.84. The summed E-state index contributed by atoms with van der Waals surface area (Å²) in [6, 6.07) is 14.0. The molecule has 0 bridgehead atoms. The van der Waals surface area contributed by atoms with Crippen molar-refractivity contribution >= 4 is 23.4 Å². The molecule has 0 spiro atoms. The third-order valence-corrected chi connectivity index (χ3v) is 5.79. The van der Waals surface area contributed by atoms with Gasteiger partial charge in [-0.05, 0) is 54.4 Å². The maximum Gasteiger partial charge on any atom is 0.337 e. The number of nitrogens with one attached hydrogen (secondary N) is 1. The number of benzene rings is 2. The fourth-order valence-electron chi connectivity index (χ4n) is 3.31. The van der Waals surface area contributed by atoms with E-state index in [4.69, 9.17) is 4.74 Å². The van der Waals surface area contributed by atoms with Gasteiger partial charge < -0.3 is 15.2 Å². The highest BCUT2D eigenvalue weighted by Crippen LogP contribution is 2.38. The van der Waals surface area contributed by atoms with Crippen LogP contribution in [0.3, 0.4) is 0 Å². The summed E-state index contributed by atoms with van der Waals surface area (Å²) >= 11 is 1.55. The molecule has 29 heavy (non-hydrogen) atoms. The molecule has 1 atom stereocenters. The minimum absolute atomic E-state index is 0.200. The van der Waals surface area contributed by atoms with E-state index in [-0.39, 0.29) is 17.3 Å². The number of carboxylic acid groups (broad SMARTS) is 1. The van der Waals surface area contributed by atoms with Gasteiger partial charge in [0.25, 0.3) is 0 Å². The van der Waals surface area contributed by atoms with Crippen LogP contribution in [0.25, 0.3) is 0 Å². The SMILES string of the molecule is O=C(O)c1ccncc1NC[C@@H]1CCOc2cc(Sc3ccc(F)cc3)ccc21. The molecule has 2 N–H and O–H groups in total. The Morgan fingerprint density at radius 2 is 2.00 bits per heavy atom. The van der Waals surface area contributed by atoms with Crippen LogP contribution in [-0.2, 0) is 0 Å². The molecular weight excluding hydrogens is 391 g/mol. The van der Waals surface area contributed by atoms with Crippen molar-refractivity contribution in [3.8, 4) is 5.75 Å². The van der Waals surface area contributed by atoms with Crippen LogP contribution in [0, 0.1) is 5.82 Å². The average Bonchev–Trinajstić information content (AvgIpc) is 2.74. The maximum atomic E-state index is 13.1. The van der Waals surface area contributed by atoms with E-state index in [1.54, 1.807) is 23.9 Å². The van der Waals surface area contributed by atoms with Crippen LogP contribution in [0.5, 0.6) is 5.75 Å². The largest absolute Gasteiger partial charge is 0.493 e. The number of anilines is 1. The number of carboxylic acids is 1.